The van der Waals surface area contributed by atoms with Crippen molar-refractivity contribution in [1.29, 1.82) is 0 Å². The molecule has 0 bridgehead atoms. The lowest BCUT2D eigenvalue weighted by Gasteiger charge is -2.56. The van der Waals surface area contributed by atoms with Gasteiger partial charge in [-0.15, -0.1) is 0 Å². The molecule has 0 radical (unpaired) electrons. The molecule has 0 saturated carbocycles. The molecule has 1 N–H and O–H groups in total. The minimum absolute atomic E-state index is 0.144. The molecular weight excluding hydrogens is 164 g/mol. The number of hydrogen-bond donors (Lipinski definition) is 1. The van der Waals surface area contributed by atoms with Crippen LogP contribution in [0.1, 0.15) is 20.8 Å². The van der Waals surface area contributed by atoms with Gasteiger partial charge in [0.1, 0.15) is 5.60 Å². The maximum Gasteiger partial charge on any atom is 0.106 e. The minimum atomic E-state index is 0.144. The molecule has 0 unspecified atom stereocenters. The van der Waals surface area contributed by atoms with Crippen molar-refractivity contribution >= 4 is 0 Å². The summed E-state index contributed by atoms with van der Waals surface area (Å²) in [4.78, 5) is 2.47. The fourth-order valence-electron chi connectivity index (χ4n) is 2.03. The van der Waals surface area contributed by atoms with Gasteiger partial charge in [-0.25, -0.2) is 0 Å². The molecule has 2 heterocycles. The van der Waals surface area contributed by atoms with Gasteiger partial charge in [0.25, 0.3) is 0 Å². The van der Waals surface area contributed by atoms with Gasteiger partial charge < -0.3 is 10.1 Å². The molecule has 0 aromatic rings. The van der Waals surface area contributed by atoms with Crippen LogP contribution in [0, 0.1) is 0 Å². The summed E-state index contributed by atoms with van der Waals surface area (Å²) in [5, 5.41) is 3.40. The van der Waals surface area contributed by atoms with E-state index in [4.69, 9.17) is 4.74 Å². The highest BCUT2D eigenvalue weighted by molar-refractivity contribution is 5.04. The molecule has 3 nitrogen and oxygen atoms in total. The van der Waals surface area contributed by atoms with Crippen LogP contribution in [0.5, 0.6) is 0 Å². The topological polar surface area (TPSA) is 24.5 Å². The van der Waals surface area contributed by atoms with Gasteiger partial charge >= 0.3 is 0 Å². The van der Waals surface area contributed by atoms with Crippen molar-refractivity contribution in [2.45, 2.75) is 31.9 Å². The number of rotatable bonds is 0. The van der Waals surface area contributed by atoms with E-state index in [0.717, 1.165) is 32.8 Å². The summed E-state index contributed by atoms with van der Waals surface area (Å²) >= 11 is 0. The lowest BCUT2D eigenvalue weighted by molar-refractivity contribution is -0.178. The zero-order chi connectivity index (χ0) is 9.53. The molecule has 3 heteroatoms. The van der Waals surface area contributed by atoms with Crippen LogP contribution in [-0.4, -0.2) is 48.8 Å². The first-order valence-electron chi connectivity index (χ1n) is 5.12. The predicted octanol–water partition coefficient (Wildman–Crippen LogP) is 0.459. The molecule has 0 aromatic carbocycles. The lowest BCUT2D eigenvalue weighted by atomic mass is 9.87. The van der Waals surface area contributed by atoms with Crippen LogP contribution in [0.3, 0.4) is 0 Å². The van der Waals surface area contributed by atoms with Crippen LogP contribution in [0.2, 0.25) is 0 Å². The van der Waals surface area contributed by atoms with Crippen LogP contribution in [0.25, 0.3) is 0 Å². The van der Waals surface area contributed by atoms with E-state index in [1.165, 1.54) is 0 Å². The zero-order valence-electron chi connectivity index (χ0n) is 8.89. The zero-order valence-corrected chi connectivity index (χ0v) is 8.89. The van der Waals surface area contributed by atoms with Crippen LogP contribution in [0.4, 0.5) is 0 Å². The molecule has 2 fully saturated rings. The summed E-state index contributed by atoms with van der Waals surface area (Å²) < 4.78 is 5.82. The summed E-state index contributed by atoms with van der Waals surface area (Å²) in [7, 11) is 0. The third-order valence-electron chi connectivity index (χ3n) is 3.04. The average molecular weight is 184 g/mol. The van der Waals surface area contributed by atoms with E-state index in [1.54, 1.807) is 0 Å². The van der Waals surface area contributed by atoms with E-state index in [1.807, 2.05) is 0 Å². The first-order chi connectivity index (χ1) is 6.02. The molecule has 2 aliphatic heterocycles. The maximum absolute atomic E-state index is 5.82. The second-order valence-corrected chi connectivity index (χ2v) is 5.24. The number of morpholine rings is 1. The molecule has 2 aliphatic rings. The van der Waals surface area contributed by atoms with E-state index in [0.29, 0.717) is 5.54 Å². The van der Waals surface area contributed by atoms with Gasteiger partial charge in [0, 0.05) is 31.7 Å². The highest BCUT2D eigenvalue weighted by Crippen LogP contribution is 2.31. The third kappa shape index (κ3) is 1.73. The third-order valence-corrected chi connectivity index (χ3v) is 3.04. The van der Waals surface area contributed by atoms with Crippen molar-refractivity contribution in [3.05, 3.63) is 0 Å². The largest absolute Gasteiger partial charge is 0.370 e. The van der Waals surface area contributed by atoms with Gasteiger partial charge in [0.05, 0.1) is 6.61 Å². The minimum Gasteiger partial charge on any atom is -0.370 e. The number of ether oxygens (including phenoxy) is 1. The van der Waals surface area contributed by atoms with E-state index >= 15 is 0 Å². The molecule has 2 saturated heterocycles. The molecule has 0 aromatic heterocycles. The summed E-state index contributed by atoms with van der Waals surface area (Å²) in [5.74, 6) is 0. The Balaban J connectivity index is 1.88. The Hall–Kier alpha value is -0.120. The van der Waals surface area contributed by atoms with Gasteiger partial charge in [-0.3, -0.25) is 4.90 Å². The van der Waals surface area contributed by atoms with Gasteiger partial charge in [0.2, 0.25) is 0 Å². The summed E-state index contributed by atoms with van der Waals surface area (Å²) in [6.07, 6.45) is 0. The normalized spacial score (nSPS) is 28.8. The van der Waals surface area contributed by atoms with Crippen LogP contribution in [-0.2, 0) is 4.74 Å². The molecule has 13 heavy (non-hydrogen) atoms. The molecule has 0 atom stereocenters. The second-order valence-electron chi connectivity index (χ2n) is 5.24. The second kappa shape index (κ2) is 2.94. The Labute approximate surface area is 80.4 Å². The highest BCUT2D eigenvalue weighted by Gasteiger charge is 2.48. The molecule has 76 valence electrons. The number of hydrogen-bond acceptors (Lipinski definition) is 3. The van der Waals surface area contributed by atoms with E-state index in [2.05, 4.69) is 31.0 Å². The van der Waals surface area contributed by atoms with Crippen LogP contribution < -0.4 is 5.32 Å². The molecule has 2 rings (SSSR count). The Morgan fingerprint density at radius 1 is 1.31 bits per heavy atom. The van der Waals surface area contributed by atoms with Crippen molar-refractivity contribution < 1.29 is 4.74 Å². The molecule has 1 spiro atoms. The first-order valence-corrected chi connectivity index (χ1v) is 5.12. The van der Waals surface area contributed by atoms with E-state index in [9.17, 15) is 0 Å². The van der Waals surface area contributed by atoms with Gasteiger partial charge in [-0.1, -0.05) is 0 Å². The van der Waals surface area contributed by atoms with Crippen molar-refractivity contribution in [2.24, 2.45) is 0 Å². The van der Waals surface area contributed by atoms with E-state index < -0.39 is 0 Å². The monoisotopic (exact) mass is 184 g/mol. The average Bonchev–Trinajstić information content (AvgIpc) is 2.00. The van der Waals surface area contributed by atoms with E-state index in [-0.39, 0.29) is 5.60 Å². The Morgan fingerprint density at radius 2 is 2.00 bits per heavy atom. The first kappa shape index (κ1) is 9.44. The fraction of sp³-hybridized carbons (Fsp3) is 1.00. The summed E-state index contributed by atoms with van der Waals surface area (Å²) in [6, 6.07) is 0. The van der Waals surface area contributed by atoms with Gasteiger partial charge in [-0.2, -0.15) is 0 Å². The van der Waals surface area contributed by atoms with Crippen molar-refractivity contribution in [1.82, 2.24) is 10.2 Å². The maximum atomic E-state index is 5.82. The SMILES string of the molecule is CC(C)(C)N1CC2(CNCCO2)C1. The Kier molecular flexibility index (Phi) is 2.13. The lowest BCUT2D eigenvalue weighted by Crippen LogP contribution is -2.72. The van der Waals surface area contributed by atoms with Crippen molar-refractivity contribution in [2.75, 3.05) is 32.8 Å². The quantitative estimate of drug-likeness (QED) is 0.592. The molecule has 0 amide bonds. The number of likely N-dealkylation sites (tertiary alicyclic amines) is 1. The number of nitrogens with zero attached hydrogens (tertiary/aromatic N) is 1. The van der Waals surface area contributed by atoms with Gasteiger partial charge in [0.15, 0.2) is 0 Å². The van der Waals surface area contributed by atoms with Crippen molar-refractivity contribution in [3.8, 4) is 0 Å². The highest BCUT2D eigenvalue weighted by atomic mass is 16.5. The molecular formula is C10H20N2O. The Morgan fingerprint density at radius 3 is 2.46 bits per heavy atom. The Bertz CT molecular complexity index is 184. The molecule has 0 aliphatic carbocycles. The smallest absolute Gasteiger partial charge is 0.106 e. The fourth-order valence-corrected chi connectivity index (χ4v) is 2.03. The van der Waals surface area contributed by atoms with Crippen LogP contribution in [0.15, 0.2) is 0 Å². The predicted molar refractivity (Wildman–Crippen MR) is 52.9 cm³/mol. The number of nitrogens with one attached hydrogen (secondary N) is 1. The van der Waals surface area contributed by atoms with Crippen molar-refractivity contribution in [3.63, 3.8) is 0 Å². The standard InChI is InChI=1S/C10H20N2O/c1-9(2,3)12-7-10(8-12)6-11-4-5-13-10/h11H,4-8H2,1-3H3. The summed E-state index contributed by atoms with van der Waals surface area (Å²) in [6.45, 7) is 11.9. The summed E-state index contributed by atoms with van der Waals surface area (Å²) in [5.41, 5.74) is 0.442. The van der Waals surface area contributed by atoms with Crippen LogP contribution >= 0.6 is 0 Å². The van der Waals surface area contributed by atoms with Gasteiger partial charge in [-0.05, 0) is 20.8 Å².